The zero-order valence-corrected chi connectivity index (χ0v) is 15.3. The highest BCUT2D eigenvalue weighted by molar-refractivity contribution is 9.12. The lowest BCUT2D eigenvalue weighted by Gasteiger charge is -2.18. The van der Waals surface area contributed by atoms with Gasteiger partial charge in [0, 0.05) is 12.7 Å². The summed E-state index contributed by atoms with van der Waals surface area (Å²) in [4.78, 5) is 0. The number of hydrogen-bond acceptors (Lipinski definition) is 5. The molecule has 9 heteroatoms. The van der Waals surface area contributed by atoms with Crippen LogP contribution in [0.3, 0.4) is 0 Å². The largest absolute Gasteiger partial charge is 0.383 e. The van der Waals surface area contributed by atoms with E-state index in [0.717, 1.165) is 18.8 Å². The van der Waals surface area contributed by atoms with E-state index < -0.39 is 0 Å². The van der Waals surface area contributed by atoms with E-state index in [9.17, 15) is 0 Å². The zero-order valence-electron chi connectivity index (χ0n) is 10.6. The third-order valence-corrected chi connectivity index (χ3v) is 5.45. The van der Waals surface area contributed by atoms with E-state index in [4.69, 9.17) is 22.2 Å². The van der Waals surface area contributed by atoms with Crippen molar-refractivity contribution in [3.8, 4) is 0 Å². The number of nitrogens with zero attached hydrogens (tertiary/aromatic N) is 2. The number of halogens is 3. The van der Waals surface area contributed by atoms with Crippen LogP contribution in [-0.2, 0) is 11.3 Å². The lowest BCUT2D eigenvalue weighted by molar-refractivity contribution is 0.182. The third kappa shape index (κ3) is 3.44. The summed E-state index contributed by atoms with van der Waals surface area (Å²) in [5.74, 6) is 5.73. The summed E-state index contributed by atoms with van der Waals surface area (Å²) in [6.07, 6.45) is 1.62. The second-order valence-electron chi connectivity index (χ2n) is 3.97. The summed E-state index contributed by atoms with van der Waals surface area (Å²) in [6, 6.07) is 1.75. The van der Waals surface area contributed by atoms with Gasteiger partial charge in [-0.3, -0.25) is 10.5 Å². The summed E-state index contributed by atoms with van der Waals surface area (Å²) in [5.41, 5.74) is 4.62. The van der Waals surface area contributed by atoms with Crippen LogP contribution in [0.2, 0.25) is 5.02 Å². The number of nitrogens with two attached hydrogens (primary N) is 1. The standard InChI is InChI=1S/C11H13Br2ClN4OS/c1-19-3-2-18-10(7(14)5-16-18)9(17-15)6-4-8(12)20-11(6)13/h4-5,9,17H,2-3,15H2,1H3. The molecule has 0 saturated carbocycles. The smallest absolute Gasteiger partial charge is 0.0912 e. The Kier molecular flexibility index (Phi) is 6.03. The Balaban J connectivity index is 2.41. The zero-order chi connectivity index (χ0) is 14.7. The van der Waals surface area contributed by atoms with Crippen molar-refractivity contribution in [2.45, 2.75) is 12.6 Å². The second kappa shape index (κ2) is 7.35. The van der Waals surface area contributed by atoms with E-state index >= 15 is 0 Å². The van der Waals surface area contributed by atoms with Crippen LogP contribution in [0.4, 0.5) is 0 Å². The van der Waals surface area contributed by atoms with Gasteiger partial charge in [-0.2, -0.15) is 5.10 Å². The highest BCUT2D eigenvalue weighted by Crippen LogP contribution is 2.39. The van der Waals surface area contributed by atoms with E-state index in [2.05, 4.69) is 42.4 Å². The molecule has 0 saturated heterocycles. The molecule has 2 rings (SSSR count). The van der Waals surface area contributed by atoms with Crippen molar-refractivity contribution in [1.82, 2.24) is 15.2 Å². The van der Waals surface area contributed by atoms with Crippen LogP contribution in [0.1, 0.15) is 17.3 Å². The summed E-state index contributed by atoms with van der Waals surface area (Å²) in [6.45, 7) is 1.16. The lowest BCUT2D eigenvalue weighted by atomic mass is 10.1. The average Bonchev–Trinajstić information content (AvgIpc) is 2.93. The van der Waals surface area contributed by atoms with Crippen LogP contribution < -0.4 is 11.3 Å². The van der Waals surface area contributed by atoms with Crippen molar-refractivity contribution < 1.29 is 4.74 Å². The maximum Gasteiger partial charge on any atom is 0.0912 e. The fraction of sp³-hybridized carbons (Fsp3) is 0.364. The molecule has 2 aromatic heterocycles. The van der Waals surface area contributed by atoms with Gasteiger partial charge in [0.1, 0.15) is 0 Å². The fourth-order valence-corrected chi connectivity index (χ4v) is 5.03. The topological polar surface area (TPSA) is 65.1 Å². The molecule has 2 heterocycles. The molecule has 0 fully saturated rings. The third-order valence-electron chi connectivity index (χ3n) is 2.77. The Morgan fingerprint density at radius 3 is 2.90 bits per heavy atom. The maximum absolute atomic E-state index is 6.26. The molecule has 0 aliphatic rings. The first-order chi connectivity index (χ1) is 9.58. The molecule has 0 aliphatic carbocycles. The van der Waals surface area contributed by atoms with Crippen LogP contribution in [0, 0.1) is 0 Å². The molecule has 0 radical (unpaired) electrons. The minimum atomic E-state index is -0.251. The van der Waals surface area contributed by atoms with Crippen molar-refractivity contribution in [3.05, 3.63) is 36.1 Å². The van der Waals surface area contributed by atoms with Gasteiger partial charge in [-0.25, -0.2) is 5.43 Å². The first kappa shape index (κ1) is 16.4. The van der Waals surface area contributed by atoms with Gasteiger partial charge in [-0.15, -0.1) is 11.3 Å². The number of methoxy groups -OCH3 is 1. The molecular formula is C11H13Br2ClN4OS. The van der Waals surface area contributed by atoms with E-state index in [0.29, 0.717) is 18.2 Å². The van der Waals surface area contributed by atoms with Crippen LogP contribution in [0.25, 0.3) is 0 Å². The minimum absolute atomic E-state index is 0.251. The molecule has 3 N–H and O–H groups in total. The first-order valence-electron chi connectivity index (χ1n) is 5.69. The molecule has 0 amide bonds. The summed E-state index contributed by atoms with van der Waals surface area (Å²) >= 11 is 14.9. The van der Waals surface area contributed by atoms with Gasteiger partial charge in [-0.1, -0.05) is 11.6 Å². The average molecular weight is 445 g/mol. The lowest BCUT2D eigenvalue weighted by Crippen LogP contribution is -2.31. The maximum atomic E-state index is 6.26. The molecule has 1 unspecified atom stereocenters. The quantitative estimate of drug-likeness (QED) is 0.530. The van der Waals surface area contributed by atoms with E-state index in [1.54, 1.807) is 29.3 Å². The van der Waals surface area contributed by atoms with Crippen molar-refractivity contribution in [3.63, 3.8) is 0 Å². The van der Waals surface area contributed by atoms with Crippen molar-refractivity contribution in [1.29, 1.82) is 0 Å². The number of hydrogen-bond donors (Lipinski definition) is 2. The minimum Gasteiger partial charge on any atom is -0.383 e. The van der Waals surface area contributed by atoms with Crippen LogP contribution >= 0.6 is 54.8 Å². The molecule has 0 bridgehead atoms. The molecule has 110 valence electrons. The molecule has 5 nitrogen and oxygen atoms in total. The second-order valence-corrected chi connectivity index (χ2v) is 8.13. The van der Waals surface area contributed by atoms with Gasteiger partial charge in [0.05, 0.1) is 43.7 Å². The van der Waals surface area contributed by atoms with Crippen molar-refractivity contribution in [2.75, 3.05) is 13.7 Å². The van der Waals surface area contributed by atoms with Gasteiger partial charge in [0.15, 0.2) is 0 Å². The van der Waals surface area contributed by atoms with Gasteiger partial charge in [0.2, 0.25) is 0 Å². The monoisotopic (exact) mass is 442 g/mol. The molecule has 0 aromatic carbocycles. The molecule has 1 atom stereocenters. The molecular weight excluding hydrogens is 431 g/mol. The molecule has 0 aliphatic heterocycles. The summed E-state index contributed by atoms with van der Waals surface area (Å²) in [5, 5.41) is 4.84. The predicted molar refractivity (Wildman–Crippen MR) is 88.0 cm³/mol. The predicted octanol–water partition coefficient (Wildman–Crippen LogP) is 3.32. The number of hydrazine groups is 1. The van der Waals surface area contributed by atoms with Crippen molar-refractivity contribution >= 4 is 54.8 Å². The van der Waals surface area contributed by atoms with E-state index in [1.807, 2.05) is 6.07 Å². The van der Waals surface area contributed by atoms with Crippen LogP contribution in [0.15, 0.2) is 19.8 Å². The molecule has 2 aromatic rings. The SMILES string of the molecule is COCCn1ncc(Cl)c1C(NN)c1cc(Br)sc1Br. The highest BCUT2D eigenvalue weighted by atomic mass is 79.9. The number of rotatable bonds is 6. The normalized spacial score (nSPS) is 12.8. The van der Waals surface area contributed by atoms with Gasteiger partial charge >= 0.3 is 0 Å². The highest BCUT2D eigenvalue weighted by Gasteiger charge is 2.24. The van der Waals surface area contributed by atoms with Gasteiger partial charge in [-0.05, 0) is 37.9 Å². The molecule has 0 spiro atoms. The van der Waals surface area contributed by atoms with Gasteiger partial charge < -0.3 is 4.74 Å². The number of nitrogens with one attached hydrogen (secondary N) is 1. The summed E-state index contributed by atoms with van der Waals surface area (Å²) in [7, 11) is 1.65. The Morgan fingerprint density at radius 1 is 1.60 bits per heavy atom. The van der Waals surface area contributed by atoms with Gasteiger partial charge in [0.25, 0.3) is 0 Å². The molecule has 20 heavy (non-hydrogen) atoms. The van der Waals surface area contributed by atoms with Crippen LogP contribution in [-0.4, -0.2) is 23.5 Å². The summed E-state index contributed by atoms with van der Waals surface area (Å²) < 4.78 is 8.89. The Bertz CT molecular complexity index is 589. The Morgan fingerprint density at radius 2 is 2.35 bits per heavy atom. The number of thiophene rings is 1. The fourth-order valence-electron chi connectivity index (χ4n) is 1.88. The number of ether oxygens (including phenoxy) is 1. The Labute approximate surface area is 142 Å². The number of aromatic nitrogens is 2. The van der Waals surface area contributed by atoms with E-state index in [1.165, 1.54) is 0 Å². The van der Waals surface area contributed by atoms with Crippen molar-refractivity contribution in [2.24, 2.45) is 5.84 Å². The first-order valence-corrected chi connectivity index (χ1v) is 8.47. The Hall–Kier alpha value is 0.0400. The van der Waals surface area contributed by atoms with Crippen LogP contribution in [0.5, 0.6) is 0 Å². The van der Waals surface area contributed by atoms with E-state index in [-0.39, 0.29) is 6.04 Å².